The average Bonchev–Trinajstić information content (AvgIpc) is 2.53. The van der Waals surface area contributed by atoms with Gasteiger partial charge in [-0.15, -0.1) is 0 Å². The smallest absolute Gasteiger partial charge is 0.0602 e. The molecule has 0 aliphatic carbocycles. The molecule has 0 amide bonds. The Morgan fingerprint density at radius 2 is 1.09 bits per heavy atom. The summed E-state index contributed by atoms with van der Waals surface area (Å²) in [5.74, 6) is 0. The Morgan fingerprint density at radius 3 is 1.50 bits per heavy atom. The van der Waals surface area contributed by atoms with E-state index in [0.717, 1.165) is 26.2 Å². The minimum atomic E-state index is 0.370. The fourth-order valence-electron chi connectivity index (χ4n) is 3.19. The second-order valence-corrected chi connectivity index (χ2v) is 6.56. The molecule has 2 aromatic rings. The normalized spacial score (nSPS) is 17.1. The predicted octanol–water partition coefficient (Wildman–Crippen LogP) is 3.64. The topological polar surface area (TPSA) is 6.48 Å². The molecule has 1 aliphatic rings. The Balaban J connectivity index is 1.94. The van der Waals surface area contributed by atoms with Crippen LogP contribution in [0.1, 0.15) is 28.3 Å². The summed E-state index contributed by atoms with van der Waals surface area (Å²) in [6, 6.07) is 18.4. The molecule has 0 unspecified atom stereocenters. The first-order valence-electron chi connectivity index (χ1n) is 8.19. The molecule has 1 aliphatic heterocycles. The molecule has 0 atom stereocenters. The van der Waals surface area contributed by atoms with Crippen molar-refractivity contribution in [3.05, 3.63) is 70.8 Å². The van der Waals surface area contributed by atoms with Gasteiger partial charge in [0.15, 0.2) is 0 Å². The van der Waals surface area contributed by atoms with Crippen LogP contribution in [0.25, 0.3) is 0 Å². The molecule has 116 valence electrons. The van der Waals surface area contributed by atoms with Gasteiger partial charge in [0.05, 0.1) is 6.04 Å². The average molecular weight is 294 g/mol. The first kappa shape index (κ1) is 15.3. The van der Waals surface area contributed by atoms with Crippen LogP contribution in [0.3, 0.4) is 0 Å². The Bertz CT molecular complexity index is 547. The molecule has 2 aromatic carbocycles. The van der Waals surface area contributed by atoms with Crippen molar-refractivity contribution in [1.82, 2.24) is 9.80 Å². The largest absolute Gasteiger partial charge is 0.304 e. The number of benzene rings is 2. The van der Waals surface area contributed by atoms with E-state index in [-0.39, 0.29) is 0 Å². The zero-order valence-corrected chi connectivity index (χ0v) is 13.9. The first-order chi connectivity index (χ1) is 10.6. The van der Waals surface area contributed by atoms with E-state index in [4.69, 9.17) is 0 Å². The highest BCUT2D eigenvalue weighted by molar-refractivity contribution is 5.35. The summed E-state index contributed by atoms with van der Waals surface area (Å²) in [6.07, 6.45) is 0. The van der Waals surface area contributed by atoms with E-state index >= 15 is 0 Å². The van der Waals surface area contributed by atoms with Crippen molar-refractivity contribution in [2.75, 3.05) is 33.2 Å². The molecule has 0 saturated carbocycles. The highest BCUT2D eigenvalue weighted by atomic mass is 15.3. The van der Waals surface area contributed by atoms with Crippen LogP contribution in [0.4, 0.5) is 0 Å². The highest BCUT2D eigenvalue weighted by Gasteiger charge is 2.25. The minimum Gasteiger partial charge on any atom is -0.304 e. The number of aryl methyl sites for hydroxylation is 2. The summed E-state index contributed by atoms with van der Waals surface area (Å²) in [5.41, 5.74) is 5.45. The van der Waals surface area contributed by atoms with Crippen molar-refractivity contribution in [3.8, 4) is 0 Å². The van der Waals surface area contributed by atoms with Gasteiger partial charge in [0.1, 0.15) is 0 Å². The number of rotatable bonds is 3. The zero-order chi connectivity index (χ0) is 15.5. The maximum absolute atomic E-state index is 2.62. The summed E-state index contributed by atoms with van der Waals surface area (Å²) in [7, 11) is 2.21. The van der Waals surface area contributed by atoms with Gasteiger partial charge in [0.2, 0.25) is 0 Å². The Kier molecular flexibility index (Phi) is 4.60. The first-order valence-corrected chi connectivity index (χ1v) is 8.19. The van der Waals surface area contributed by atoms with Crippen molar-refractivity contribution in [3.63, 3.8) is 0 Å². The third-order valence-corrected chi connectivity index (χ3v) is 4.69. The monoisotopic (exact) mass is 294 g/mol. The van der Waals surface area contributed by atoms with Crippen LogP contribution in [0, 0.1) is 13.8 Å². The van der Waals surface area contributed by atoms with Crippen LogP contribution in [0.2, 0.25) is 0 Å². The predicted molar refractivity (Wildman–Crippen MR) is 93.3 cm³/mol. The van der Waals surface area contributed by atoms with Crippen molar-refractivity contribution in [2.24, 2.45) is 0 Å². The van der Waals surface area contributed by atoms with Crippen molar-refractivity contribution < 1.29 is 0 Å². The molecule has 3 rings (SSSR count). The molecule has 1 saturated heterocycles. The molecule has 0 N–H and O–H groups in total. The molecule has 2 heteroatoms. The van der Waals surface area contributed by atoms with Crippen molar-refractivity contribution >= 4 is 0 Å². The van der Waals surface area contributed by atoms with Crippen LogP contribution < -0.4 is 0 Å². The van der Waals surface area contributed by atoms with Crippen molar-refractivity contribution in [1.29, 1.82) is 0 Å². The second kappa shape index (κ2) is 6.64. The zero-order valence-electron chi connectivity index (χ0n) is 13.9. The van der Waals surface area contributed by atoms with Gasteiger partial charge < -0.3 is 4.90 Å². The van der Waals surface area contributed by atoms with Crippen LogP contribution >= 0.6 is 0 Å². The second-order valence-electron chi connectivity index (χ2n) is 6.56. The molecule has 1 fully saturated rings. The van der Waals surface area contributed by atoms with Crippen LogP contribution in [0.5, 0.6) is 0 Å². The van der Waals surface area contributed by atoms with Gasteiger partial charge >= 0.3 is 0 Å². The molecule has 0 spiro atoms. The summed E-state index contributed by atoms with van der Waals surface area (Å²) in [6.45, 7) is 8.86. The lowest BCUT2D eigenvalue weighted by Crippen LogP contribution is -2.46. The van der Waals surface area contributed by atoms with E-state index in [1.807, 2.05) is 0 Å². The van der Waals surface area contributed by atoms with E-state index in [9.17, 15) is 0 Å². The highest BCUT2D eigenvalue weighted by Crippen LogP contribution is 2.30. The van der Waals surface area contributed by atoms with E-state index in [1.165, 1.54) is 22.3 Å². The van der Waals surface area contributed by atoms with Gasteiger partial charge in [-0.05, 0) is 32.0 Å². The van der Waals surface area contributed by atoms with E-state index in [2.05, 4.69) is 79.2 Å². The molecule has 2 nitrogen and oxygen atoms in total. The fourth-order valence-corrected chi connectivity index (χ4v) is 3.19. The third-order valence-electron chi connectivity index (χ3n) is 4.69. The molecule has 0 aromatic heterocycles. The Morgan fingerprint density at radius 1 is 0.682 bits per heavy atom. The van der Waals surface area contributed by atoms with Crippen LogP contribution in [-0.4, -0.2) is 43.0 Å². The molecule has 1 heterocycles. The third kappa shape index (κ3) is 3.40. The standard InChI is InChI=1S/C20H26N2/c1-16-4-8-18(9-5-16)20(19-10-6-17(2)7-11-19)22-14-12-21(3)13-15-22/h4-11,20H,12-15H2,1-3H3. The summed E-state index contributed by atoms with van der Waals surface area (Å²) >= 11 is 0. The minimum absolute atomic E-state index is 0.370. The number of hydrogen-bond acceptors (Lipinski definition) is 2. The lowest BCUT2D eigenvalue weighted by atomic mass is 9.95. The van der Waals surface area contributed by atoms with Gasteiger partial charge in [0.25, 0.3) is 0 Å². The SMILES string of the molecule is Cc1ccc(C(c2ccc(C)cc2)N2CCN(C)CC2)cc1. The van der Waals surface area contributed by atoms with Gasteiger partial charge in [-0.25, -0.2) is 0 Å². The number of likely N-dealkylation sites (N-methyl/N-ethyl adjacent to an activating group) is 1. The molecular weight excluding hydrogens is 268 g/mol. The van der Waals surface area contributed by atoms with Crippen LogP contribution in [0.15, 0.2) is 48.5 Å². The van der Waals surface area contributed by atoms with E-state index in [1.54, 1.807) is 0 Å². The Hall–Kier alpha value is -1.64. The van der Waals surface area contributed by atoms with Gasteiger partial charge in [-0.2, -0.15) is 0 Å². The summed E-state index contributed by atoms with van der Waals surface area (Å²) in [4.78, 5) is 5.03. The van der Waals surface area contributed by atoms with Gasteiger partial charge in [-0.3, -0.25) is 4.90 Å². The van der Waals surface area contributed by atoms with E-state index in [0.29, 0.717) is 6.04 Å². The fraction of sp³-hybridized carbons (Fsp3) is 0.400. The maximum atomic E-state index is 2.62. The molecule has 22 heavy (non-hydrogen) atoms. The summed E-state index contributed by atoms with van der Waals surface area (Å²) in [5, 5.41) is 0. The van der Waals surface area contributed by atoms with Crippen LogP contribution in [-0.2, 0) is 0 Å². The Labute approximate surface area is 134 Å². The lowest BCUT2D eigenvalue weighted by molar-refractivity contribution is 0.127. The number of hydrogen-bond donors (Lipinski definition) is 0. The van der Waals surface area contributed by atoms with E-state index < -0.39 is 0 Å². The number of piperazine rings is 1. The lowest BCUT2D eigenvalue weighted by Gasteiger charge is -2.38. The summed E-state index contributed by atoms with van der Waals surface area (Å²) < 4.78 is 0. The van der Waals surface area contributed by atoms with Gasteiger partial charge in [0, 0.05) is 26.2 Å². The molecule has 0 radical (unpaired) electrons. The van der Waals surface area contributed by atoms with Gasteiger partial charge in [-0.1, -0.05) is 59.7 Å². The molecular formula is C20H26N2. The molecule has 0 bridgehead atoms. The number of nitrogens with zero attached hydrogens (tertiary/aromatic N) is 2. The quantitative estimate of drug-likeness (QED) is 0.853. The van der Waals surface area contributed by atoms with Crippen molar-refractivity contribution in [2.45, 2.75) is 19.9 Å². The maximum Gasteiger partial charge on any atom is 0.0602 e.